The van der Waals surface area contributed by atoms with Gasteiger partial charge < -0.3 is 10.1 Å². The summed E-state index contributed by atoms with van der Waals surface area (Å²) in [4.78, 5) is 2.67. The minimum absolute atomic E-state index is 0.689. The molecular formula is C15H30N2O. The highest BCUT2D eigenvalue weighted by Gasteiger charge is 2.28. The zero-order valence-electron chi connectivity index (χ0n) is 12.3. The van der Waals surface area contributed by atoms with Crippen molar-refractivity contribution < 1.29 is 4.74 Å². The highest BCUT2D eigenvalue weighted by Crippen LogP contribution is 2.26. The van der Waals surface area contributed by atoms with Crippen molar-refractivity contribution in [3.05, 3.63) is 0 Å². The number of likely N-dealkylation sites (tertiary alicyclic amines) is 1. The molecule has 2 saturated heterocycles. The van der Waals surface area contributed by atoms with Crippen LogP contribution in [0.1, 0.15) is 40.0 Å². The number of rotatable bonds is 4. The van der Waals surface area contributed by atoms with E-state index >= 15 is 0 Å². The first kappa shape index (κ1) is 14.3. The maximum Gasteiger partial charge on any atom is 0.0480 e. The minimum Gasteiger partial charge on any atom is -0.381 e. The summed E-state index contributed by atoms with van der Waals surface area (Å²) in [5, 5.41) is 3.70. The van der Waals surface area contributed by atoms with Gasteiger partial charge in [-0.3, -0.25) is 4.90 Å². The Balaban J connectivity index is 1.68. The normalized spacial score (nSPS) is 35.8. The summed E-state index contributed by atoms with van der Waals surface area (Å²) in [7, 11) is 0. The molecule has 2 rings (SSSR count). The summed E-state index contributed by atoms with van der Waals surface area (Å²) < 4.78 is 5.39. The fraction of sp³-hybridized carbons (Fsp3) is 1.00. The van der Waals surface area contributed by atoms with Crippen LogP contribution in [0.5, 0.6) is 0 Å². The highest BCUT2D eigenvalue weighted by atomic mass is 16.5. The van der Waals surface area contributed by atoms with E-state index in [-0.39, 0.29) is 0 Å². The molecule has 0 amide bonds. The van der Waals surface area contributed by atoms with E-state index in [2.05, 4.69) is 31.0 Å². The molecule has 1 N–H and O–H groups in total. The summed E-state index contributed by atoms with van der Waals surface area (Å²) in [5.74, 6) is 1.70. The zero-order chi connectivity index (χ0) is 13.0. The van der Waals surface area contributed by atoms with Crippen LogP contribution in [0.25, 0.3) is 0 Å². The quantitative estimate of drug-likeness (QED) is 0.832. The first-order valence-electron chi connectivity index (χ1n) is 7.72. The third-order valence-corrected chi connectivity index (χ3v) is 4.77. The van der Waals surface area contributed by atoms with Gasteiger partial charge in [-0.05, 0) is 38.0 Å². The van der Waals surface area contributed by atoms with Gasteiger partial charge in [0.15, 0.2) is 0 Å². The molecule has 3 atom stereocenters. The first-order chi connectivity index (χ1) is 8.66. The Labute approximate surface area is 112 Å². The Morgan fingerprint density at radius 3 is 2.61 bits per heavy atom. The molecular weight excluding hydrogens is 224 g/mol. The van der Waals surface area contributed by atoms with Gasteiger partial charge in [0.1, 0.15) is 0 Å². The number of ether oxygens (including phenoxy) is 1. The smallest absolute Gasteiger partial charge is 0.0480 e. The second kappa shape index (κ2) is 6.88. The first-order valence-corrected chi connectivity index (χ1v) is 7.72. The second-order valence-corrected chi connectivity index (χ2v) is 6.39. The van der Waals surface area contributed by atoms with Crippen LogP contribution in [-0.4, -0.2) is 49.8 Å². The minimum atomic E-state index is 0.689. The van der Waals surface area contributed by atoms with Crippen LogP contribution in [0.3, 0.4) is 0 Å². The molecule has 0 bridgehead atoms. The van der Waals surface area contributed by atoms with Crippen molar-refractivity contribution in [2.45, 2.75) is 52.1 Å². The average Bonchev–Trinajstić information content (AvgIpc) is 2.36. The monoisotopic (exact) mass is 254 g/mol. The third-order valence-electron chi connectivity index (χ3n) is 4.77. The number of hydrogen-bond acceptors (Lipinski definition) is 3. The molecule has 0 aromatic heterocycles. The van der Waals surface area contributed by atoms with Crippen LogP contribution in [0, 0.1) is 11.8 Å². The van der Waals surface area contributed by atoms with Gasteiger partial charge in [0, 0.05) is 44.9 Å². The number of hydrogen-bond donors (Lipinski definition) is 1. The third kappa shape index (κ3) is 3.94. The van der Waals surface area contributed by atoms with Crippen molar-refractivity contribution in [3.8, 4) is 0 Å². The van der Waals surface area contributed by atoms with E-state index in [0.717, 1.165) is 37.6 Å². The fourth-order valence-electron chi connectivity index (χ4n) is 3.44. The van der Waals surface area contributed by atoms with Crippen LogP contribution in [0.15, 0.2) is 0 Å². The summed E-state index contributed by atoms with van der Waals surface area (Å²) in [6.45, 7) is 12.7. The Kier molecular flexibility index (Phi) is 5.46. The number of piperidine rings is 1. The van der Waals surface area contributed by atoms with Crippen molar-refractivity contribution >= 4 is 0 Å². The van der Waals surface area contributed by atoms with Crippen LogP contribution >= 0.6 is 0 Å². The van der Waals surface area contributed by atoms with E-state index in [9.17, 15) is 0 Å². The molecule has 2 fully saturated rings. The van der Waals surface area contributed by atoms with Gasteiger partial charge in [-0.25, -0.2) is 0 Å². The van der Waals surface area contributed by atoms with E-state index in [1.165, 1.54) is 32.4 Å². The van der Waals surface area contributed by atoms with E-state index in [1.54, 1.807) is 0 Å². The molecule has 2 aliphatic heterocycles. The lowest BCUT2D eigenvalue weighted by Gasteiger charge is -2.41. The maximum absolute atomic E-state index is 5.39. The highest BCUT2D eigenvalue weighted by molar-refractivity contribution is 4.82. The van der Waals surface area contributed by atoms with Gasteiger partial charge >= 0.3 is 0 Å². The molecule has 3 heteroatoms. The van der Waals surface area contributed by atoms with E-state index in [4.69, 9.17) is 4.74 Å². The van der Waals surface area contributed by atoms with Gasteiger partial charge in [0.2, 0.25) is 0 Å². The van der Waals surface area contributed by atoms with Gasteiger partial charge in [-0.1, -0.05) is 13.8 Å². The van der Waals surface area contributed by atoms with Gasteiger partial charge in [-0.15, -0.1) is 0 Å². The van der Waals surface area contributed by atoms with Crippen molar-refractivity contribution in [3.63, 3.8) is 0 Å². The standard InChI is InChI=1S/C15H30N2O/c1-12-10-13(2)14(3)17(11-12)7-6-16-15-4-8-18-9-5-15/h12-16H,4-11H2,1-3H3. The zero-order valence-corrected chi connectivity index (χ0v) is 12.3. The summed E-state index contributed by atoms with van der Waals surface area (Å²) in [5.41, 5.74) is 0. The fourth-order valence-corrected chi connectivity index (χ4v) is 3.44. The van der Waals surface area contributed by atoms with E-state index in [1.807, 2.05) is 0 Å². The lowest BCUT2D eigenvalue weighted by atomic mass is 9.86. The molecule has 3 nitrogen and oxygen atoms in total. The Bertz CT molecular complexity index is 241. The second-order valence-electron chi connectivity index (χ2n) is 6.39. The SMILES string of the molecule is CC1CC(C)C(C)N(CCNC2CCOCC2)C1. The molecule has 0 spiro atoms. The molecule has 0 aromatic carbocycles. The average molecular weight is 254 g/mol. The largest absolute Gasteiger partial charge is 0.381 e. The number of nitrogens with zero attached hydrogens (tertiary/aromatic N) is 1. The topological polar surface area (TPSA) is 24.5 Å². The molecule has 0 radical (unpaired) electrons. The number of nitrogens with one attached hydrogen (secondary N) is 1. The predicted molar refractivity (Wildman–Crippen MR) is 75.8 cm³/mol. The van der Waals surface area contributed by atoms with E-state index in [0.29, 0.717) is 6.04 Å². The van der Waals surface area contributed by atoms with Crippen molar-refractivity contribution in [1.29, 1.82) is 0 Å². The van der Waals surface area contributed by atoms with Crippen molar-refractivity contribution in [2.24, 2.45) is 11.8 Å². The Hall–Kier alpha value is -0.120. The van der Waals surface area contributed by atoms with Gasteiger partial charge in [-0.2, -0.15) is 0 Å². The van der Waals surface area contributed by atoms with Crippen LogP contribution in [-0.2, 0) is 4.74 Å². The molecule has 106 valence electrons. The lowest BCUT2D eigenvalue weighted by Crippen LogP contribution is -2.49. The summed E-state index contributed by atoms with van der Waals surface area (Å²) in [6.07, 6.45) is 3.76. The molecule has 2 aliphatic rings. The summed E-state index contributed by atoms with van der Waals surface area (Å²) in [6, 6.07) is 1.44. The molecule has 18 heavy (non-hydrogen) atoms. The van der Waals surface area contributed by atoms with Crippen LogP contribution < -0.4 is 5.32 Å². The predicted octanol–water partition coefficient (Wildman–Crippen LogP) is 2.12. The van der Waals surface area contributed by atoms with Crippen molar-refractivity contribution in [1.82, 2.24) is 10.2 Å². The Morgan fingerprint density at radius 1 is 1.17 bits per heavy atom. The van der Waals surface area contributed by atoms with Gasteiger partial charge in [0.25, 0.3) is 0 Å². The van der Waals surface area contributed by atoms with Gasteiger partial charge in [0.05, 0.1) is 0 Å². The molecule has 3 unspecified atom stereocenters. The van der Waals surface area contributed by atoms with Crippen LogP contribution in [0.2, 0.25) is 0 Å². The molecule has 0 aromatic rings. The van der Waals surface area contributed by atoms with Crippen molar-refractivity contribution in [2.75, 3.05) is 32.8 Å². The maximum atomic E-state index is 5.39. The molecule has 0 saturated carbocycles. The Morgan fingerprint density at radius 2 is 1.89 bits per heavy atom. The lowest BCUT2D eigenvalue weighted by molar-refractivity contribution is 0.0666. The molecule has 0 aliphatic carbocycles. The van der Waals surface area contributed by atoms with Crippen LogP contribution in [0.4, 0.5) is 0 Å². The summed E-state index contributed by atoms with van der Waals surface area (Å²) >= 11 is 0. The molecule has 2 heterocycles. The van der Waals surface area contributed by atoms with E-state index < -0.39 is 0 Å².